The van der Waals surface area contributed by atoms with Crippen LogP contribution in [0.25, 0.3) is 0 Å². The van der Waals surface area contributed by atoms with Gasteiger partial charge in [0.2, 0.25) is 0 Å². The average molecular weight is 445 g/mol. The van der Waals surface area contributed by atoms with Crippen molar-refractivity contribution in [3.63, 3.8) is 0 Å². The van der Waals surface area contributed by atoms with Crippen molar-refractivity contribution in [1.29, 1.82) is 0 Å². The molecule has 7 nitrogen and oxygen atoms in total. The molecule has 7 heteroatoms. The summed E-state index contributed by atoms with van der Waals surface area (Å²) >= 11 is 0. The van der Waals surface area contributed by atoms with Crippen molar-refractivity contribution in [3.05, 3.63) is 53.6 Å². The molecule has 0 fully saturated rings. The highest BCUT2D eigenvalue weighted by Crippen LogP contribution is 2.26. The minimum Gasteiger partial charge on any atom is -0.497 e. The van der Waals surface area contributed by atoms with Crippen molar-refractivity contribution in [2.75, 3.05) is 47.6 Å². The molecule has 0 radical (unpaired) electrons. The van der Waals surface area contributed by atoms with Crippen LogP contribution in [0.4, 0.5) is 0 Å². The van der Waals surface area contributed by atoms with E-state index in [1.807, 2.05) is 49.4 Å². The largest absolute Gasteiger partial charge is 0.497 e. The lowest BCUT2D eigenvalue weighted by molar-refractivity contribution is -0.00858. The number of hydrogen-bond acceptors (Lipinski definition) is 7. The molecule has 0 amide bonds. The summed E-state index contributed by atoms with van der Waals surface area (Å²) in [5, 5.41) is 10.4. The van der Waals surface area contributed by atoms with Gasteiger partial charge >= 0.3 is 0 Å². The molecular weight excluding hydrogens is 412 g/mol. The Bertz CT molecular complexity index is 857. The second-order valence-corrected chi connectivity index (χ2v) is 6.71. The number of aryl methyl sites for hydroxylation is 1. The molecule has 1 atom stereocenters. The Morgan fingerprint density at radius 2 is 1.72 bits per heavy atom. The minimum absolute atomic E-state index is 0.102. The standard InChI is InChI=1S/C25H32O7/c1-4-29-18-31-25-14-13-23(28-3)17-21(25)10-12-22(26)11-9-20-7-5-6-8-24(20)32-19-30-16-15-27-2/h5-8,13-14,17,22,26H,4,10,12,15-16,18-19H2,1-3H3. The third-order valence-corrected chi connectivity index (χ3v) is 4.45. The van der Waals surface area contributed by atoms with Crippen LogP contribution in [0.5, 0.6) is 17.2 Å². The first-order valence-corrected chi connectivity index (χ1v) is 10.5. The minimum atomic E-state index is -0.813. The molecule has 0 saturated carbocycles. The van der Waals surface area contributed by atoms with E-state index in [0.29, 0.717) is 49.7 Å². The van der Waals surface area contributed by atoms with Crippen LogP contribution in [0.15, 0.2) is 42.5 Å². The zero-order valence-corrected chi connectivity index (χ0v) is 19.0. The first-order valence-electron chi connectivity index (χ1n) is 10.5. The average Bonchev–Trinajstić information content (AvgIpc) is 2.82. The number of aliphatic hydroxyl groups excluding tert-OH is 1. The van der Waals surface area contributed by atoms with Gasteiger partial charge in [0.05, 0.1) is 25.9 Å². The number of para-hydroxylation sites is 1. The molecule has 0 aliphatic heterocycles. The molecule has 2 rings (SSSR count). The third kappa shape index (κ3) is 9.16. The first kappa shape index (κ1) is 25.5. The predicted octanol–water partition coefficient (Wildman–Crippen LogP) is 3.41. The van der Waals surface area contributed by atoms with E-state index < -0.39 is 6.10 Å². The second-order valence-electron chi connectivity index (χ2n) is 6.71. The van der Waals surface area contributed by atoms with E-state index in [2.05, 4.69) is 11.8 Å². The van der Waals surface area contributed by atoms with Crippen LogP contribution in [-0.2, 0) is 20.6 Å². The molecule has 0 aromatic heterocycles. The van der Waals surface area contributed by atoms with Gasteiger partial charge < -0.3 is 33.5 Å². The van der Waals surface area contributed by atoms with Gasteiger partial charge in [-0.05, 0) is 55.7 Å². The summed E-state index contributed by atoms with van der Waals surface area (Å²) in [5.74, 6) is 7.91. The highest BCUT2D eigenvalue weighted by molar-refractivity contribution is 5.46. The fourth-order valence-corrected chi connectivity index (χ4v) is 2.74. The maximum atomic E-state index is 10.4. The summed E-state index contributed by atoms with van der Waals surface area (Å²) in [5.41, 5.74) is 1.60. The van der Waals surface area contributed by atoms with Crippen molar-refractivity contribution in [3.8, 4) is 29.1 Å². The molecule has 1 N–H and O–H groups in total. The van der Waals surface area contributed by atoms with Crippen molar-refractivity contribution < 1.29 is 33.5 Å². The van der Waals surface area contributed by atoms with E-state index in [4.69, 9.17) is 28.4 Å². The topological polar surface area (TPSA) is 75.6 Å². The van der Waals surface area contributed by atoms with E-state index >= 15 is 0 Å². The SMILES string of the molecule is CCOCOc1ccc(OC)cc1CCC(O)C#Cc1ccccc1OCOCCOC. The van der Waals surface area contributed by atoms with E-state index in [1.165, 1.54) is 0 Å². The Balaban J connectivity index is 1.96. The fourth-order valence-electron chi connectivity index (χ4n) is 2.74. The summed E-state index contributed by atoms with van der Waals surface area (Å²) in [4.78, 5) is 0. The molecular formula is C25H32O7. The van der Waals surface area contributed by atoms with Gasteiger partial charge in [0.15, 0.2) is 13.6 Å². The zero-order valence-electron chi connectivity index (χ0n) is 19.0. The van der Waals surface area contributed by atoms with Crippen molar-refractivity contribution in [2.45, 2.75) is 25.9 Å². The molecule has 1 unspecified atom stereocenters. The quantitative estimate of drug-likeness (QED) is 0.272. The van der Waals surface area contributed by atoms with Gasteiger partial charge in [-0.25, -0.2) is 0 Å². The van der Waals surface area contributed by atoms with Gasteiger partial charge in [-0.15, -0.1) is 0 Å². The van der Waals surface area contributed by atoms with Crippen LogP contribution in [-0.4, -0.2) is 58.8 Å². The number of aliphatic hydroxyl groups is 1. The Morgan fingerprint density at radius 3 is 2.50 bits per heavy atom. The van der Waals surface area contributed by atoms with Gasteiger partial charge in [-0.3, -0.25) is 0 Å². The highest BCUT2D eigenvalue weighted by atomic mass is 16.7. The van der Waals surface area contributed by atoms with E-state index in [0.717, 1.165) is 11.3 Å². The lowest BCUT2D eigenvalue weighted by atomic mass is 10.0. The van der Waals surface area contributed by atoms with Crippen LogP contribution in [0, 0.1) is 11.8 Å². The zero-order chi connectivity index (χ0) is 23.0. The van der Waals surface area contributed by atoms with Crippen LogP contribution in [0.1, 0.15) is 24.5 Å². The number of methoxy groups -OCH3 is 2. The monoisotopic (exact) mass is 444 g/mol. The molecule has 0 heterocycles. The smallest absolute Gasteiger partial charge is 0.189 e. The molecule has 0 bridgehead atoms. The molecule has 174 valence electrons. The summed E-state index contributed by atoms with van der Waals surface area (Å²) in [7, 11) is 3.23. The normalized spacial score (nSPS) is 11.4. The number of hydrogen-bond donors (Lipinski definition) is 1. The van der Waals surface area contributed by atoms with Gasteiger partial charge in [-0.2, -0.15) is 0 Å². The maximum Gasteiger partial charge on any atom is 0.189 e. The van der Waals surface area contributed by atoms with Gasteiger partial charge in [0.1, 0.15) is 23.4 Å². The number of benzene rings is 2. The van der Waals surface area contributed by atoms with Crippen molar-refractivity contribution in [1.82, 2.24) is 0 Å². The van der Waals surface area contributed by atoms with E-state index in [9.17, 15) is 5.11 Å². The fraction of sp³-hybridized carbons (Fsp3) is 0.440. The van der Waals surface area contributed by atoms with Gasteiger partial charge in [0, 0.05) is 13.7 Å². The summed E-state index contributed by atoms with van der Waals surface area (Å²) in [6.07, 6.45) is 0.195. The third-order valence-electron chi connectivity index (χ3n) is 4.45. The Hall–Kier alpha value is -2.76. The molecule has 32 heavy (non-hydrogen) atoms. The van der Waals surface area contributed by atoms with Crippen LogP contribution in [0.2, 0.25) is 0 Å². The highest BCUT2D eigenvalue weighted by Gasteiger charge is 2.09. The summed E-state index contributed by atoms with van der Waals surface area (Å²) < 4.78 is 32.2. The lowest BCUT2D eigenvalue weighted by Gasteiger charge is -2.13. The van der Waals surface area contributed by atoms with Crippen molar-refractivity contribution in [2.24, 2.45) is 0 Å². The van der Waals surface area contributed by atoms with E-state index in [1.54, 1.807) is 14.2 Å². The molecule has 0 saturated heterocycles. The van der Waals surface area contributed by atoms with Gasteiger partial charge in [0.25, 0.3) is 0 Å². The Kier molecular flexibility index (Phi) is 12.0. The van der Waals surface area contributed by atoms with E-state index in [-0.39, 0.29) is 13.6 Å². The van der Waals surface area contributed by atoms with Crippen LogP contribution < -0.4 is 14.2 Å². The molecule has 2 aromatic rings. The van der Waals surface area contributed by atoms with Crippen LogP contribution in [0.3, 0.4) is 0 Å². The summed E-state index contributed by atoms with van der Waals surface area (Å²) in [6.45, 7) is 3.70. The molecule has 0 aliphatic carbocycles. The Morgan fingerprint density at radius 1 is 0.938 bits per heavy atom. The molecule has 2 aromatic carbocycles. The van der Waals surface area contributed by atoms with Crippen molar-refractivity contribution >= 4 is 0 Å². The predicted molar refractivity (Wildman–Crippen MR) is 121 cm³/mol. The lowest BCUT2D eigenvalue weighted by Crippen LogP contribution is -2.09. The maximum absolute atomic E-state index is 10.4. The summed E-state index contributed by atoms with van der Waals surface area (Å²) in [6, 6.07) is 12.9. The number of ether oxygens (including phenoxy) is 6. The Labute approximate surface area is 190 Å². The second kappa shape index (κ2) is 15.1. The van der Waals surface area contributed by atoms with Crippen LogP contribution >= 0.6 is 0 Å². The first-order chi connectivity index (χ1) is 15.7. The van der Waals surface area contributed by atoms with Gasteiger partial charge in [-0.1, -0.05) is 24.0 Å². The number of rotatable bonds is 14. The molecule has 0 spiro atoms. The molecule has 0 aliphatic rings.